The van der Waals surface area contributed by atoms with Crippen molar-refractivity contribution in [1.29, 1.82) is 5.41 Å². The van der Waals surface area contributed by atoms with Crippen LogP contribution in [0.4, 0.5) is 5.69 Å². The maximum Gasteiger partial charge on any atom is 0.0589 e. The molecule has 0 amide bonds. The molecule has 3 N–H and O–H groups in total. The van der Waals surface area contributed by atoms with Crippen molar-refractivity contribution in [3.05, 3.63) is 24.0 Å². The van der Waals surface area contributed by atoms with E-state index < -0.39 is 0 Å². The number of nitrogens with two attached hydrogens (primary N) is 1. The van der Waals surface area contributed by atoms with E-state index >= 15 is 0 Å². The first-order valence-corrected chi connectivity index (χ1v) is 3.54. The molecule has 0 radical (unpaired) electrons. The molecule has 0 aliphatic carbocycles. The number of nitrogens with one attached hydrogen (secondary N) is 1. The van der Waals surface area contributed by atoms with Crippen LogP contribution < -0.4 is 5.73 Å². The first kappa shape index (κ1) is 9.62. The molecule has 0 aromatic carbocycles. The van der Waals surface area contributed by atoms with Gasteiger partial charge >= 0.3 is 0 Å². The van der Waals surface area contributed by atoms with Crippen molar-refractivity contribution in [3.8, 4) is 0 Å². The molecule has 1 rings (SSSR count). The minimum atomic E-state index is 0.549. The van der Waals surface area contributed by atoms with Gasteiger partial charge in [-0.2, -0.15) is 0 Å². The zero-order chi connectivity index (χ0) is 8.69. The molecule has 3 heteroatoms. The smallest absolute Gasteiger partial charge is 0.0589 e. The van der Waals surface area contributed by atoms with Gasteiger partial charge < -0.3 is 11.1 Å². The minimum absolute atomic E-state index is 0.549. The van der Waals surface area contributed by atoms with Crippen molar-refractivity contribution >= 4 is 11.9 Å². The third kappa shape index (κ3) is 2.80. The van der Waals surface area contributed by atoms with Gasteiger partial charge in [0.2, 0.25) is 0 Å². The van der Waals surface area contributed by atoms with Crippen LogP contribution in [0.15, 0.2) is 18.5 Å². The van der Waals surface area contributed by atoms with Crippen LogP contribution in [0.2, 0.25) is 0 Å². The van der Waals surface area contributed by atoms with Crippen LogP contribution in [0.5, 0.6) is 0 Å². The van der Waals surface area contributed by atoms with E-state index in [0.29, 0.717) is 11.3 Å². The van der Waals surface area contributed by atoms with Gasteiger partial charge in [0, 0.05) is 18.0 Å². The Morgan fingerprint density at radius 1 is 1.55 bits per heavy atom. The van der Waals surface area contributed by atoms with Gasteiger partial charge in [-0.1, -0.05) is 13.8 Å². The molecule has 0 bridgehead atoms. The Hall–Kier alpha value is -1.38. The molecular weight excluding hydrogens is 138 g/mol. The lowest BCUT2D eigenvalue weighted by atomic mass is 10.2. The number of anilines is 1. The molecule has 0 aliphatic heterocycles. The lowest BCUT2D eigenvalue weighted by Crippen LogP contribution is -1.92. The summed E-state index contributed by atoms with van der Waals surface area (Å²) in [6.45, 7) is 4.00. The molecule has 0 fully saturated rings. The Bertz CT molecular complexity index is 220. The highest BCUT2D eigenvalue weighted by Gasteiger charge is 1.89. The molecule has 0 saturated carbocycles. The molecule has 60 valence electrons. The Kier molecular flexibility index (Phi) is 4.73. The third-order valence-electron chi connectivity index (χ3n) is 1.04. The summed E-state index contributed by atoms with van der Waals surface area (Å²) in [7, 11) is 0. The minimum Gasteiger partial charge on any atom is -0.397 e. The van der Waals surface area contributed by atoms with Crippen LogP contribution in [0.3, 0.4) is 0 Å². The Morgan fingerprint density at radius 2 is 2.18 bits per heavy atom. The van der Waals surface area contributed by atoms with E-state index in [1.165, 1.54) is 12.4 Å². The molecule has 0 saturated heterocycles. The van der Waals surface area contributed by atoms with Gasteiger partial charge in [-0.05, 0) is 6.07 Å². The Labute approximate surface area is 66.8 Å². The van der Waals surface area contributed by atoms with Crippen molar-refractivity contribution in [2.75, 3.05) is 5.73 Å². The number of hydrogen-bond acceptors (Lipinski definition) is 3. The Morgan fingerprint density at radius 3 is 2.55 bits per heavy atom. The predicted molar refractivity (Wildman–Crippen MR) is 47.9 cm³/mol. The van der Waals surface area contributed by atoms with Gasteiger partial charge in [0.1, 0.15) is 0 Å². The summed E-state index contributed by atoms with van der Waals surface area (Å²) in [6.07, 6.45) is 4.34. The summed E-state index contributed by atoms with van der Waals surface area (Å²) in [5, 5.41) is 6.85. The van der Waals surface area contributed by atoms with Crippen LogP contribution in [-0.4, -0.2) is 11.2 Å². The summed E-state index contributed by atoms with van der Waals surface area (Å²) in [6, 6.07) is 1.70. The fourth-order valence-corrected chi connectivity index (χ4v) is 0.549. The normalized spacial score (nSPS) is 7.82. The maximum absolute atomic E-state index is 6.85. The van der Waals surface area contributed by atoms with E-state index in [0.717, 1.165) is 0 Å². The zero-order valence-corrected chi connectivity index (χ0v) is 6.83. The predicted octanol–water partition coefficient (Wildman–Crippen LogP) is 1.69. The largest absolute Gasteiger partial charge is 0.397 e. The highest BCUT2D eigenvalue weighted by atomic mass is 14.7. The average Bonchev–Trinajstić information content (AvgIpc) is 2.09. The third-order valence-corrected chi connectivity index (χ3v) is 1.04. The first-order valence-electron chi connectivity index (χ1n) is 3.54. The van der Waals surface area contributed by atoms with Crippen molar-refractivity contribution < 1.29 is 0 Å². The van der Waals surface area contributed by atoms with Crippen LogP contribution >= 0.6 is 0 Å². The summed E-state index contributed by atoms with van der Waals surface area (Å²) < 4.78 is 0. The summed E-state index contributed by atoms with van der Waals surface area (Å²) >= 11 is 0. The van der Waals surface area contributed by atoms with Crippen LogP contribution in [0, 0.1) is 5.41 Å². The summed E-state index contributed by atoms with van der Waals surface area (Å²) in [4.78, 5) is 3.76. The maximum atomic E-state index is 6.85. The molecule has 11 heavy (non-hydrogen) atoms. The quantitative estimate of drug-likeness (QED) is 0.600. The molecule has 1 heterocycles. The number of aromatic nitrogens is 1. The number of hydrogen-bond donors (Lipinski definition) is 2. The van der Waals surface area contributed by atoms with E-state index in [2.05, 4.69) is 4.98 Å². The second-order valence-corrected chi connectivity index (χ2v) is 1.65. The zero-order valence-electron chi connectivity index (χ0n) is 6.83. The van der Waals surface area contributed by atoms with E-state index in [4.69, 9.17) is 11.1 Å². The molecule has 3 nitrogen and oxygen atoms in total. The fraction of sp³-hybridized carbons (Fsp3) is 0.250. The van der Waals surface area contributed by atoms with Crippen LogP contribution in [-0.2, 0) is 0 Å². The number of nitrogen functional groups attached to an aromatic ring is 1. The number of nitrogens with zero attached hydrogens (tertiary/aromatic N) is 1. The highest BCUT2D eigenvalue weighted by Crippen LogP contribution is 2.03. The topological polar surface area (TPSA) is 62.8 Å². The lowest BCUT2D eigenvalue weighted by Gasteiger charge is -1.93. The van der Waals surface area contributed by atoms with Gasteiger partial charge in [0.15, 0.2) is 0 Å². The lowest BCUT2D eigenvalue weighted by molar-refractivity contribution is 1.32. The molecule has 1 aromatic rings. The molecular formula is C8H13N3. The molecule has 1 aromatic heterocycles. The van der Waals surface area contributed by atoms with E-state index in [9.17, 15) is 0 Å². The van der Waals surface area contributed by atoms with Gasteiger partial charge in [0.25, 0.3) is 0 Å². The Balaban J connectivity index is 0.000000461. The van der Waals surface area contributed by atoms with E-state index in [1.54, 1.807) is 12.3 Å². The molecule has 0 spiro atoms. The SMILES string of the molecule is CC.N=Cc1ccncc1N. The van der Waals surface area contributed by atoms with Crippen LogP contribution in [0.25, 0.3) is 0 Å². The standard InChI is InChI=1S/C6H7N3.C2H6/c7-3-5-1-2-9-4-6(5)8;1-2/h1-4,7H,8H2;1-2H3. The van der Waals surface area contributed by atoms with Gasteiger partial charge in [0.05, 0.1) is 11.9 Å². The highest BCUT2D eigenvalue weighted by molar-refractivity contribution is 5.84. The molecule has 0 aliphatic rings. The monoisotopic (exact) mass is 151 g/mol. The summed E-state index contributed by atoms with van der Waals surface area (Å²) in [5.41, 5.74) is 6.68. The van der Waals surface area contributed by atoms with Crippen molar-refractivity contribution in [1.82, 2.24) is 4.98 Å². The summed E-state index contributed by atoms with van der Waals surface area (Å²) in [5.74, 6) is 0. The molecule has 0 unspecified atom stereocenters. The van der Waals surface area contributed by atoms with Gasteiger partial charge in [-0.25, -0.2) is 0 Å². The van der Waals surface area contributed by atoms with Crippen molar-refractivity contribution in [3.63, 3.8) is 0 Å². The second kappa shape index (κ2) is 5.41. The second-order valence-electron chi connectivity index (χ2n) is 1.65. The van der Waals surface area contributed by atoms with Gasteiger partial charge in [-0.3, -0.25) is 4.98 Å². The van der Waals surface area contributed by atoms with E-state index in [1.807, 2.05) is 13.8 Å². The van der Waals surface area contributed by atoms with Crippen molar-refractivity contribution in [2.24, 2.45) is 0 Å². The number of rotatable bonds is 1. The number of pyridine rings is 1. The van der Waals surface area contributed by atoms with E-state index in [-0.39, 0.29) is 0 Å². The van der Waals surface area contributed by atoms with Gasteiger partial charge in [-0.15, -0.1) is 0 Å². The fourth-order valence-electron chi connectivity index (χ4n) is 0.549. The first-order chi connectivity index (χ1) is 5.34. The van der Waals surface area contributed by atoms with Crippen molar-refractivity contribution in [2.45, 2.75) is 13.8 Å². The average molecular weight is 151 g/mol. The van der Waals surface area contributed by atoms with Crippen LogP contribution in [0.1, 0.15) is 19.4 Å². The molecule has 0 atom stereocenters.